The lowest BCUT2D eigenvalue weighted by atomic mass is 9.94. The Labute approximate surface area is 352 Å². The summed E-state index contributed by atoms with van der Waals surface area (Å²) >= 11 is 0. The van der Waals surface area contributed by atoms with E-state index in [1.54, 1.807) is 0 Å². The third-order valence-electron chi connectivity index (χ3n) is 10.8. The molecule has 4 aliphatic rings. The summed E-state index contributed by atoms with van der Waals surface area (Å²) in [6.45, 7) is -3.87. The first-order valence-corrected chi connectivity index (χ1v) is 19.5. The number of ether oxygens (including phenoxy) is 8. The smallest absolute Gasteiger partial charge is 0.217 e. The zero-order valence-electron chi connectivity index (χ0n) is 33.3. The first kappa shape index (κ1) is 52.6. The van der Waals surface area contributed by atoms with E-state index in [2.05, 4.69) is 10.6 Å². The number of carbonyl (C=O) groups is 2. The number of hydrogen-bond donors (Lipinski definition) is 18. The van der Waals surface area contributed by atoms with Gasteiger partial charge in [0.05, 0.1) is 39.6 Å². The van der Waals surface area contributed by atoms with Crippen LogP contribution in [0.4, 0.5) is 0 Å². The summed E-state index contributed by atoms with van der Waals surface area (Å²) in [5.41, 5.74) is 0. The Bertz CT molecular complexity index is 1390. The van der Waals surface area contributed by atoms with E-state index in [4.69, 9.17) is 37.9 Å². The molecule has 4 rings (SSSR count). The van der Waals surface area contributed by atoms with Crippen LogP contribution in [-0.4, -0.2) is 280 Å². The molecule has 0 aromatic heterocycles. The number of amides is 2. The molecule has 24 atom stereocenters. The lowest BCUT2D eigenvalue weighted by Gasteiger charge is -2.50. The van der Waals surface area contributed by atoms with Gasteiger partial charge in [-0.3, -0.25) is 9.59 Å². The van der Waals surface area contributed by atoms with Crippen LogP contribution >= 0.6 is 0 Å². The van der Waals surface area contributed by atoms with Gasteiger partial charge in [0.2, 0.25) is 11.8 Å². The van der Waals surface area contributed by atoms with Gasteiger partial charge >= 0.3 is 0 Å². The molecule has 4 fully saturated rings. The van der Waals surface area contributed by atoms with E-state index in [1.165, 1.54) is 0 Å². The minimum Gasteiger partial charge on any atom is -0.394 e. The van der Waals surface area contributed by atoms with Crippen molar-refractivity contribution in [2.75, 3.05) is 39.6 Å². The number of carbonyl (C=O) groups excluding carboxylic acids is 2. The maximum absolute atomic E-state index is 12.4. The van der Waals surface area contributed by atoms with E-state index in [9.17, 15) is 91.3 Å². The van der Waals surface area contributed by atoms with Crippen molar-refractivity contribution in [3.63, 3.8) is 0 Å². The fourth-order valence-electron chi connectivity index (χ4n) is 7.43. The van der Waals surface area contributed by atoms with Gasteiger partial charge in [-0.1, -0.05) is 0 Å². The Balaban J connectivity index is 1.59. The molecule has 2 amide bonds. The second-order valence-electron chi connectivity index (χ2n) is 15.2. The molecule has 28 nitrogen and oxygen atoms in total. The highest BCUT2D eigenvalue weighted by atomic mass is 16.8. The first-order chi connectivity index (χ1) is 29.3. The second kappa shape index (κ2) is 23.4. The van der Waals surface area contributed by atoms with Crippen molar-refractivity contribution in [3.05, 3.63) is 0 Å². The topological polar surface area (TPSA) is 456 Å². The summed E-state index contributed by atoms with van der Waals surface area (Å²) in [6, 6.07) is -3.42. The summed E-state index contributed by atoms with van der Waals surface area (Å²) in [5, 5.41) is 171. The summed E-state index contributed by atoms with van der Waals surface area (Å²) < 4.78 is 45.5. The molecule has 0 saturated carbocycles. The second-order valence-corrected chi connectivity index (χ2v) is 15.2. The van der Waals surface area contributed by atoms with Crippen LogP contribution in [0.5, 0.6) is 0 Å². The quantitative estimate of drug-likeness (QED) is 0.0572. The van der Waals surface area contributed by atoms with Crippen molar-refractivity contribution in [2.45, 2.75) is 161 Å². The Hall–Kier alpha value is -2.02. The number of nitrogens with one attached hydrogen (secondary N) is 2. The zero-order valence-corrected chi connectivity index (χ0v) is 33.3. The van der Waals surface area contributed by atoms with Gasteiger partial charge in [0.25, 0.3) is 0 Å². The molecule has 4 heterocycles. The molecule has 0 radical (unpaired) electrons. The fourth-order valence-corrected chi connectivity index (χ4v) is 7.43. The average molecular weight is 913 g/mol. The average Bonchev–Trinajstić information content (AvgIpc) is 3.24. The van der Waals surface area contributed by atoms with E-state index in [1.807, 2.05) is 0 Å². The van der Waals surface area contributed by atoms with Crippen molar-refractivity contribution >= 4 is 11.8 Å². The molecule has 0 unspecified atom stereocenters. The van der Waals surface area contributed by atoms with Gasteiger partial charge in [-0.25, -0.2) is 0 Å². The Kier molecular flexibility index (Phi) is 19.9. The van der Waals surface area contributed by atoms with Crippen LogP contribution in [0.25, 0.3) is 0 Å². The van der Waals surface area contributed by atoms with Crippen molar-refractivity contribution in [1.82, 2.24) is 10.6 Å². The van der Waals surface area contributed by atoms with Gasteiger partial charge < -0.3 is 130 Å². The van der Waals surface area contributed by atoms with Gasteiger partial charge in [0.1, 0.15) is 122 Å². The highest BCUT2D eigenvalue weighted by Crippen LogP contribution is 2.35. The summed E-state index contributed by atoms with van der Waals surface area (Å²) in [7, 11) is 0. The molecule has 0 bridgehead atoms. The maximum Gasteiger partial charge on any atom is 0.217 e. The molecular weight excluding hydrogens is 852 g/mol. The van der Waals surface area contributed by atoms with Gasteiger partial charge in [0, 0.05) is 13.8 Å². The predicted molar refractivity (Wildman–Crippen MR) is 192 cm³/mol. The standard InChI is InChI=1S/C34H60N2O26/c1-9(43)35-17-22(50)29(16(8-42)57-31(17)59-27(12(46)4-38)19(47)11(45)3-37)61-34-26(54)30(21(49)14(6-40)56-34)62-32-18(36-10(2)44)23(51)28(15(7-41)58-32)60-33-25(53)24(52)20(48)13(5-39)55-33/h11-34,37-42,45-54H,3-8H2,1-2H3,(H,35,43)(H,36,44)/t11-,12+,13-,14-,15-,16-,17-,18-,19+,20+,21+,22-,23-,24+,25-,26-,27-,28-,29-,30+,31+,32+,33+,34+/m1/s1. The molecule has 362 valence electrons. The van der Waals surface area contributed by atoms with Crippen molar-refractivity contribution in [1.29, 1.82) is 0 Å². The molecule has 0 spiro atoms. The van der Waals surface area contributed by atoms with Crippen molar-refractivity contribution in [3.8, 4) is 0 Å². The molecule has 62 heavy (non-hydrogen) atoms. The van der Waals surface area contributed by atoms with Gasteiger partial charge in [-0.15, -0.1) is 0 Å². The molecule has 18 N–H and O–H groups in total. The van der Waals surface area contributed by atoms with E-state index in [0.717, 1.165) is 13.8 Å². The Morgan fingerprint density at radius 1 is 0.484 bits per heavy atom. The van der Waals surface area contributed by atoms with Crippen LogP contribution in [0.1, 0.15) is 13.8 Å². The van der Waals surface area contributed by atoms with Gasteiger partial charge in [-0.05, 0) is 0 Å². The minimum atomic E-state index is -2.17. The first-order valence-electron chi connectivity index (χ1n) is 19.5. The highest BCUT2D eigenvalue weighted by Gasteiger charge is 2.56. The third kappa shape index (κ3) is 11.9. The number of rotatable bonds is 19. The number of aliphatic hydroxyl groups is 16. The summed E-state index contributed by atoms with van der Waals surface area (Å²) in [4.78, 5) is 24.6. The van der Waals surface area contributed by atoms with Crippen LogP contribution in [0.15, 0.2) is 0 Å². The molecule has 4 saturated heterocycles. The molecule has 4 aliphatic heterocycles. The third-order valence-corrected chi connectivity index (χ3v) is 10.8. The Morgan fingerprint density at radius 3 is 1.34 bits per heavy atom. The molecule has 0 aromatic rings. The molecule has 0 aliphatic carbocycles. The van der Waals surface area contributed by atoms with E-state index >= 15 is 0 Å². The van der Waals surface area contributed by atoms with Crippen LogP contribution < -0.4 is 10.6 Å². The van der Waals surface area contributed by atoms with Gasteiger partial charge in [0.15, 0.2) is 25.2 Å². The Morgan fingerprint density at radius 2 is 0.887 bits per heavy atom. The van der Waals surface area contributed by atoms with Crippen LogP contribution in [0.3, 0.4) is 0 Å². The molecular formula is C34H60N2O26. The SMILES string of the molecule is CC(=O)N[C@H]1[C@H](O[C@H]2[C@@H](O)[C@@H](CO)O[C@@H](O[C@H]3[C@H](O)[C@@H](NC(C)=O)[C@H](O[C@@H]([C@@H](O)[C@H](O)CO)[C@@H](O)CO)O[C@@H]3CO)[C@@H]2O)O[C@H](CO)[C@@H](O[C@@H]2O[C@H](CO)[C@H](O)[C@H](O)[C@H]2O)[C@@H]1O. The van der Waals surface area contributed by atoms with E-state index in [-0.39, 0.29) is 0 Å². The van der Waals surface area contributed by atoms with Crippen LogP contribution in [0.2, 0.25) is 0 Å². The molecule has 0 aromatic carbocycles. The number of aliphatic hydroxyl groups excluding tert-OH is 16. The monoisotopic (exact) mass is 912 g/mol. The lowest BCUT2D eigenvalue weighted by molar-refractivity contribution is -0.379. The van der Waals surface area contributed by atoms with Crippen molar-refractivity contribution < 1.29 is 129 Å². The van der Waals surface area contributed by atoms with E-state index < -0.39 is 199 Å². The zero-order chi connectivity index (χ0) is 46.3. The van der Waals surface area contributed by atoms with Crippen LogP contribution in [0, 0.1) is 0 Å². The highest BCUT2D eigenvalue weighted by molar-refractivity contribution is 5.73. The lowest BCUT2D eigenvalue weighted by Crippen LogP contribution is -2.70. The maximum atomic E-state index is 12.4. The predicted octanol–water partition coefficient (Wildman–Crippen LogP) is -12.0. The van der Waals surface area contributed by atoms with Crippen LogP contribution in [-0.2, 0) is 47.5 Å². The van der Waals surface area contributed by atoms with Crippen molar-refractivity contribution in [2.24, 2.45) is 0 Å². The fraction of sp³-hybridized carbons (Fsp3) is 0.941. The van der Waals surface area contributed by atoms with E-state index in [0.29, 0.717) is 0 Å². The van der Waals surface area contributed by atoms with Gasteiger partial charge in [-0.2, -0.15) is 0 Å². The molecule has 28 heteroatoms. The normalized spacial score (nSPS) is 43.6. The summed E-state index contributed by atoms with van der Waals surface area (Å²) in [5.74, 6) is -1.63. The summed E-state index contributed by atoms with van der Waals surface area (Å²) in [6.07, 6.45) is -41.3. The minimum absolute atomic E-state index is 0.809. The largest absolute Gasteiger partial charge is 0.394 e. The number of hydrogen-bond acceptors (Lipinski definition) is 26.